The molecule has 1 aliphatic carbocycles. The van der Waals surface area contributed by atoms with Crippen molar-refractivity contribution >= 4 is 0 Å². The van der Waals surface area contributed by atoms with Crippen molar-refractivity contribution in [3.05, 3.63) is 23.8 Å². The third-order valence-electron chi connectivity index (χ3n) is 2.98. The van der Waals surface area contributed by atoms with Crippen LogP contribution in [-0.4, -0.2) is 30.2 Å². The van der Waals surface area contributed by atoms with Crippen molar-refractivity contribution in [2.75, 3.05) is 20.3 Å². The van der Waals surface area contributed by atoms with Gasteiger partial charge < -0.3 is 10.1 Å². The van der Waals surface area contributed by atoms with Gasteiger partial charge in [0.1, 0.15) is 5.82 Å². The number of aromatic nitrogens is 2. The maximum atomic E-state index is 4.96. The van der Waals surface area contributed by atoms with Crippen LogP contribution in [0, 0.1) is 5.92 Å². The van der Waals surface area contributed by atoms with Crippen LogP contribution in [0.5, 0.6) is 0 Å². The zero-order valence-electron chi connectivity index (χ0n) is 9.94. The lowest BCUT2D eigenvalue weighted by atomic mass is 10.3. The first-order chi connectivity index (χ1) is 7.81. The van der Waals surface area contributed by atoms with Crippen molar-refractivity contribution in [1.82, 2.24) is 15.3 Å². The normalized spacial score (nSPS) is 23.4. The number of nitrogens with zero attached hydrogens (tertiary/aromatic N) is 2. The summed E-state index contributed by atoms with van der Waals surface area (Å²) in [4.78, 5) is 8.82. The number of nitrogens with one attached hydrogen (secondary N) is 1. The minimum Gasteiger partial charge on any atom is -0.383 e. The van der Waals surface area contributed by atoms with E-state index < -0.39 is 0 Å². The van der Waals surface area contributed by atoms with Gasteiger partial charge in [-0.2, -0.15) is 0 Å². The standard InChI is InChI=1S/C12H19N3O/c1-9-5-11(9)12-14-7-10(8-15-12)6-13-3-4-16-2/h7-9,11,13H,3-6H2,1-2H3. The van der Waals surface area contributed by atoms with Crippen molar-refractivity contribution in [2.45, 2.75) is 25.8 Å². The molecule has 4 heteroatoms. The molecule has 88 valence electrons. The second-order valence-electron chi connectivity index (χ2n) is 4.44. The molecule has 1 aliphatic rings. The molecule has 2 unspecified atom stereocenters. The molecule has 1 N–H and O–H groups in total. The summed E-state index contributed by atoms with van der Waals surface area (Å²) in [6.07, 6.45) is 5.09. The molecule has 0 aliphatic heterocycles. The van der Waals surface area contributed by atoms with E-state index in [9.17, 15) is 0 Å². The van der Waals surface area contributed by atoms with Crippen LogP contribution in [-0.2, 0) is 11.3 Å². The number of methoxy groups -OCH3 is 1. The number of hydrogen-bond acceptors (Lipinski definition) is 4. The predicted molar refractivity (Wildman–Crippen MR) is 62.1 cm³/mol. The fourth-order valence-electron chi connectivity index (χ4n) is 1.74. The summed E-state index contributed by atoms with van der Waals surface area (Å²) in [5, 5.41) is 3.27. The lowest BCUT2D eigenvalue weighted by molar-refractivity contribution is 0.199. The Labute approximate surface area is 96.4 Å². The van der Waals surface area contributed by atoms with Gasteiger partial charge in [0, 0.05) is 44.1 Å². The Balaban J connectivity index is 1.78. The second-order valence-corrected chi connectivity index (χ2v) is 4.44. The summed E-state index contributed by atoms with van der Waals surface area (Å²) in [5.41, 5.74) is 1.13. The van der Waals surface area contributed by atoms with E-state index in [-0.39, 0.29) is 0 Å². The summed E-state index contributed by atoms with van der Waals surface area (Å²) in [5.74, 6) is 2.38. The van der Waals surface area contributed by atoms with E-state index in [2.05, 4.69) is 22.2 Å². The molecule has 0 saturated heterocycles. The lowest BCUT2D eigenvalue weighted by Gasteiger charge is -2.04. The van der Waals surface area contributed by atoms with Gasteiger partial charge in [-0.1, -0.05) is 6.92 Å². The Morgan fingerprint density at radius 1 is 1.44 bits per heavy atom. The smallest absolute Gasteiger partial charge is 0.131 e. The van der Waals surface area contributed by atoms with Gasteiger partial charge in [-0.25, -0.2) is 9.97 Å². The van der Waals surface area contributed by atoms with Crippen molar-refractivity contribution < 1.29 is 4.74 Å². The largest absolute Gasteiger partial charge is 0.383 e. The van der Waals surface area contributed by atoms with E-state index in [1.165, 1.54) is 6.42 Å². The second kappa shape index (κ2) is 5.37. The van der Waals surface area contributed by atoms with Gasteiger partial charge in [-0.05, 0) is 12.3 Å². The average molecular weight is 221 g/mol. The summed E-state index contributed by atoms with van der Waals surface area (Å²) >= 11 is 0. The van der Waals surface area contributed by atoms with Crippen LogP contribution in [0.25, 0.3) is 0 Å². The van der Waals surface area contributed by atoms with Gasteiger partial charge in [0.15, 0.2) is 0 Å². The van der Waals surface area contributed by atoms with Gasteiger partial charge in [0.25, 0.3) is 0 Å². The highest BCUT2D eigenvalue weighted by molar-refractivity contribution is 5.12. The average Bonchev–Trinajstić information content (AvgIpc) is 3.03. The van der Waals surface area contributed by atoms with Gasteiger partial charge >= 0.3 is 0 Å². The third-order valence-corrected chi connectivity index (χ3v) is 2.98. The molecule has 16 heavy (non-hydrogen) atoms. The fraction of sp³-hybridized carbons (Fsp3) is 0.667. The Kier molecular flexibility index (Phi) is 3.85. The van der Waals surface area contributed by atoms with E-state index in [4.69, 9.17) is 4.74 Å². The van der Waals surface area contributed by atoms with Crippen LogP contribution < -0.4 is 5.32 Å². The first-order valence-electron chi connectivity index (χ1n) is 5.81. The van der Waals surface area contributed by atoms with Crippen LogP contribution in [0.15, 0.2) is 12.4 Å². The summed E-state index contributed by atoms with van der Waals surface area (Å²) in [6, 6.07) is 0. The molecule has 0 aromatic carbocycles. The molecule has 0 spiro atoms. The summed E-state index contributed by atoms with van der Waals surface area (Å²) in [6.45, 7) is 4.65. The van der Waals surface area contributed by atoms with E-state index >= 15 is 0 Å². The molecule has 1 saturated carbocycles. The molecule has 4 nitrogen and oxygen atoms in total. The number of hydrogen-bond donors (Lipinski definition) is 1. The van der Waals surface area contributed by atoms with E-state index in [1.54, 1.807) is 7.11 Å². The van der Waals surface area contributed by atoms with Crippen molar-refractivity contribution in [3.63, 3.8) is 0 Å². The molecule has 1 heterocycles. The zero-order chi connectivity index (χ0) is 11.4. The third kappa shape index (κ3) is 3.00. The first kappa shape index (κ1) is 11.5. The first-order valence-corrected chi connectivity index (χ1v) is 5.81. The highest BCUT2D eigenvalue weighted by atomic mass is 16.5. The maximum Gasteiger partial charge on any atom is 0.131 e. The maximum absolute atomic E-state index is 4.96. The zero-order valence-corrected chi connectivity index (χ0v) is 9.94. The minimum atomic E-state index is 0.607. The van der Waals surface area contributed by atoms with Crippen LogP contribution in [0.1, 0.15) is 30.7 Å². The molecule has 0 amide bonds. The van der Waals surface area contributed by atoms with Crippen LogP contribution in [0.4, 0.5) is 0 Å². The predicted octanol–water partition coefficient (Wildman–Crippen LogP) is 1.34. The quantitative estimate of drug-likeness (QED) is 0.736. The van der Waals surface area contributed by atoms with E-state index in [1.807, 2.05) is 12.4 Å². The van der Waals surface area contributed by atoms with Crippen molar-refractivity contribution in [2.24, 2.45) is 5.92 Å². The molecule has 1 fully saturated rings. The van der Waals surface area contributed by atoms with Crippen molar-refractivity contribution in [3.8, 4) is 0 Å². The minimum absolute atomic E-state index is 0.607. The highest BCUT2D eigenvalue weighted by Crippen LogP contribution is 2.44. The number of rotatable bonds is 6. The molecule has 2 atom stereocenters. The SMILES string of the molecule is COCCNCc1cnc(C2CC2C)nc1. The Morgan fingerprint density at radius 2 is 2.12 bits per heavy atom. The lowest BCUT2D eigenvalue weighted by Crippen LogP contribution is -2.18. The topological polar surface area (TPSA) is 47.0 Å². The van der Waals surface area contributed by atoms with Crippen LogP contribution >= 0.6 is 0 Å². The van der Waals surface area contributed by atoms with Gasteiger partial charge in [-0.15, -0.1) is 0 Å². The van der Waals surface area contributed by atoms with Gasteiger partial charge in [0.05, 0.1) is 6.61 Å². The van der Waals surface area contributed by atoms with Gasteiger partial charge in [0.2, 0.25) is 0 Å². The van der Waals surface area contributed by atoms with Gasteiger partial charge in [-0.3, -0.25) is 0 Å². The summed E-state index contributed by atoms with van der Waals surface area (Å²) < 4.78 is 4.96. The monoisotopic (exact) mass is 221 g/mol. The molecule has 1 aromatic rings. The molecule has 0 bridgehead atoms. The van der Waals surface area contributed by atoms with Crippen LogP contribution in [0.2, 0.25) is 0 Å². The highest BCUT2D eigenvalue weighted by Gasteiger charge is 2.36. The molecule has 0 radical (unpaired) electrons. The van der Waals surface area contributed by atoms with E-state index in [0.29, 0.717) is 5.92 Å². The number of ether oxygens (including phenoxy) is 1. The van der Waals surface area contributed by atoms with Crippen LogP contribution in [0.3, 0.4) is 0 Å². The fourth-order valence-corrected chi connectivity index (χ4v) is 1.74. The Bertz CT molecular complexity index is 326. The summed E-state index contributed by atoms with van der Waals surface area (Å²) in [7, 11) is 1.70. The molecule has 2 rings (SSSR count). The Morgan fingerprint density at radius 3 is 2.69 bits per heavy atom. The molecular formula is C12H19N3O. The Hall–Kier alpha value is -1.00. The molecular weight excluding hydrogens is 202 g/mol. The molecule has 1 aromatic heterocycles. The van der Waals surface area contributed by atoms with Crippen molar-refractivity contribution in [1.29, 1.82) is 0 Å². The van der Waals surface area contributed by atoms with E-state index in [0.717, 1.165) is 37.0 Å².